The maximum atomic E-state index is 9.20. The Morgan fingerprint density at radius 2 is 2.12 bits per heavy atom. The topological polar surface area (TPSA) is 23.8 Å². The van der Waals surface area contributed by atoms with E-state index in [0.29, 0.717) is 11.1 Å². The third kappa shape index (κ3) is 3.62. The highest BCUT2D eigenvalue weighted by atomic mass is 35.5. The van der Waals surface area contributed by atoms with Crippen molar-refractivity contribution in [2.75, 3.05) is 11.6 Å². The minimum absolute atomic E-state index is 0.329. The molecule has 1 aromatic carbocycles. The van der Waals surface area contributed by atoms with Gasteiger partial charge in [0.1, 0.15) is 6.07 Å². The van der Waals surface area contributed by atoms with E-state index in [0.717, 1.165) is 21.1 Å². The third-order valence-electron chi connectivity index (χ3n) is 1.95. The minimum atomic E-state index is 0.329. The SMILES string of the molecule is CCSc1cccc(SC(C)CCl)c1C#N. The van der Waals surface area contributed by atoms with E-state index in [2.05, 4.69) is 19.9 Å². The number of benzene rings is 1. The Balaban J connectivity index is 3.00. The van der Waals surface area contributed by atoms with Crippen molar-refractivity contribution in [2.24, 2.45) is 0 Å². The Labute approximate surface area is 111 Å². The standard InChI is InChI=1S/C12H14ClNS2/c1-3-15-11-5-4-6-12(10(11)8-14)16-9(2)7-13/h4-6,9H,3,7H2,1-2H3. The van der Waals surface area contributed by atoms with Crippen LogP contribution in [0, 0.1) is 11.3 Å². The predicted octanol–water partition coefficient (Wildman–Crippen LogP) is 4.39. The van der Waals surface area contributed by atoms with Gasteiger partial charge in [-0.2, -0.15) is 5.26 Å². The van der Waals surface area contributed by atoms with E-state index >= 15 is 0 Å². The van der Waals surface area contributed by atoms with Crippen molar-refractivity contribution in [3.63, 3.8) is 0 Å². The van der Waals surface area contributed by atoms with Crippen molar-refractivity contribution in [3.05, 3.63) is 23.8 Å². The molecule has 4 heteroatoms. The first-order valence-corrected chi connectivity index (χ1v) is 7.51. The van der Waals surface area contributed by atoms with Gasteiger partial charge in [-0.25, -0.2) is 0 Å². The van der Waals surface area contributed by atoms with Crippen molar-refractivity contribution in [3.8, 4) is 6.07 Å². The van der Waals surface area contributed by atoms with Crippen LogP contribution in [0.4, 0.5) is 0 Å². The summed E-state index contributed by atoms with van der Waals surface area (Å²) in [5.41, 5.74) is 0.788. The third-order valence-corrected chi connectivity index (χ3v) is 4.69. The van der Waals surface area contributed by atoms with Gasteiger partial charge < -0.3 is 0 Å². The van der Waals surface area contributed by atoms with E-state index < -0.39 is 0 Å². The van der Waals surface area contributed by atoms with Crippen LogP contribution in [0.2, 0.25) is 0 Å². The summed E-state index contributed by atoms with van der Waals surface area (Å²) >= 11 is 9.16. The summed E-state index contributed by atoms with van der Waals surface area (Å²) in [6, 6.07) is 8.29. The summed E-state index contributed by atoms with van der Waals surface area (Å²) in [5, 5.41) is 9.53. The summed E-state index contributed by atoms with van der Waals surface area (Å²) in [6.07, 6.45) is 0. The molecule has 0 radical (unpaired) electrons. The predicted molar refractivity (Wildman–Crippen MR) is 73.6 cm³/mol. The molecule has 0 aliphatic rings. The lowest BCUT2D eigenvalue weighted by molar-refractivity contribution is 1.11. The second-order valence-electron chi connectivity index (χ2n) is 3.26. The van der Waals surface area contributed by atoms with E-state index in [4.69, 9.17) is 11.6 Å². The number of rotatable bonds is 5. The lowest BCUT2D eigenvalue weighted by atomic mass is 10.2. The number of alkyl halides is 1. The average molecular weight is 272 g/mol. The van der Waals surface area contributed by atoms with Crippen molar-refractivity contribution in [1.82, 2.24) is 0 Å². The van der Waals surface area contributed by atoms with Crippen LogP contribution in [-0.4, -0.2) is 16.9 Å². The molecule has 1 rings (SSSR count). The van der Waals surface area contributed by atoms with Crippen molar-refractivity contribution in [2.45, 2.75) is 28.9 Å². The Morgan fingerprint density at radius 1 is 1.44 bits per heavy atom. The Kier molecular flexibility index (Phi) is 6.12. The molecule has 16 heavy (non-hydrogen) atoms. The second-order valence-corrected chi connectivity index (χ2v) is 6.35. The Morgan fingerprint density at radius 3 is 2.69 bits per heavy atom. The molecular weight excluding hydrogens is 258 g/mol. The maximum Gasteiger partial charge on any atom is 0.101 e. The molecule has 0 N–H and O–H groups in total. The summed E-state index contributed by atoms with van der Waals surface area (Å²) < 4.78 is 0. The quantitative estimate of drug-likeness (QED) is 0.586. The second kappa shape index (κ2) is 7.11. The van der Waals surface area contributed by atoms with Crippen LogP contribution in [0.1, 0.15) is 19.4 Å². The van der Waals surface area contributed by atoms with E-state index in [1.54, 1.807) is 23.5 Å². The molecule has 1 aromatic rings. The van der Waals surface area contributed by atoms with Gasteiger partial charge in [-0.05, 0) is 17.9 Å². The first-order chi connectivity index (χ1) is 7.72. The van der Waals surface area contributed by atoms with E-state index in [1.165, 1.54) is 0 Å². The zero-order chi connectivity index (χ0) is 12.0. The molecule has 0 saturated carbocycles. The van der Waals surface area contributed by atoms with Crippen LogP contribution in [0.15, 0.2) is 28.0 Å². The van der Waals surface area contributed by atoms with Gasteiger partial charge in [0.05, 0.1) is 5.56 Å². The van der Waals surface area contributed by atoms with Crippen molar-refractivity contribution in [1.29, 1.82) is 5.26 Å². The lowest BCUT2D eigenvalue weighted by Crippen LogP contribution is -1.98. The molecule has 0 aliphatic heterocycles. The number of halogens is 1. The van der Waals surface area contributed by atoms with Gasteiger partial charge in [-0.3, -0.25) is 0 Å². The van der Waals surface area contributed by atoms with Gasteiger partial charge in [-0.1, -0.05) is 19.9 Å². The highest BCUT2D eigenvalue weighted by Gasteiger charge is 2.11. The van der Waals surface area contributed by atoms with Gasteiger partial charge in [0, 0.05) is 20.9 Å². The summed E-state index contributed by atoms with van der Waals surface area (Å²) in [7, 11) is 0. The highest BCUT2D eigenvalue weighted by Crippen LogP contribution is 2.33. The molecule has 86 valence electrons. The van der Waals surface area contributed by atoms with Crippen LogP contribution >= 0.6 is 35.1 Å². The van der Waals surface area contributed by atoms with Gasteiger partial charge in [-0.15, -0.1) is 35.1 Å². The van der Waals surface area contributed by atoms with Crippen LogP contribution in [0.25, 0.3) is 0 Å². The Hall–Kier alpha value is -0.300. The Bertz CT molecular complexity index is 387. The molecular formula is C12H14ClNS2. The van der Waals surface area contributed by atoms with Crippen LogP contribution < -0.4 is 0 Å². The molecule has 0 saturated heterocycles. The van der Waals surface area contributed by atoms with E-state index in [-0.39, 0.29) is 0 Å². The van der Waals surface area contributed by atoms with Crippen LogP contribution in [-0.2, 0) is 0 Å². The first kappa shape index (κ1) is 13.8. The fourth-order valence-electron chi connectivity index (χ4n) is 1.24. The number of hydrogen-bond donors (Lipinski definition) is 0. The largest absolute Gasteiger partial charge is 0.192 e. The highest BCUT2D eigenvalue weighted by molar-refractivity contribution is 8.00. The minimum Gasteiger partial charge on any atom is -0.192 e. The molecule has 0 heterocycles. The molecule has 1 atom stereocenters. The average Bonchev–Trinajstić information content (AvgIpc) is 2.29. The van der Waals surface area contributed by atoms with Crippen molar-refractivity contribution < 1.29 is 0 Å². The van der Waals surface area contributed by atoms with Gasteiger partial charge >= 0.3 is 0 Å². The fourth-order valence-corrected chi connectivity index (χ4v) is 3.21. The monoisotopic (exact) mass is 271 g/mol. The zero-order valence-corrected chi connectivity index (χ0v) is 11.8. The molecule has 1 nitrogen and oxygen atoms in total. The van der Waals surface area contributed by atoms with Gasteiger partial charge in [0.15, 0.2) is 0 Å². The lowest BCUT2D eigenvalue weighted by Gasteiger charge is -2.11. The molecule has 0 aromatic heterocycles. The number of nitrogens with zero attached hydrogens (tertiary/aromatic N) is 1. The number of thioether (sulfide) groups is 2. The molecule has 0 amide bonds. The molecule has 0 bridgehead atoms. The number of hydrogen-bond acceptors (Lipinski definition) is 3. The first-order valence-electron chi connectivity index (χ1n) is 5.11. The zero-order valence-electron chi connectivity index (χ0n) is 9.37. The van der Waals surface area contributed by atoms with Crippen LogP contribution in [0.5, 0.6) is 0 Å². The van der Waals surface area contributed by atoms with E-state index in [1.807, 2.05) is 18.2 Å². The smallest absolute Gasteiger partial charge is 0.101 e. The number of nitriles is 1. The molecule has 1 unspecified atom stereocenters. The maximum absolute atomic E-state index is 9.20. The summed E-state index contributed by atoms with van der Waals surface area (Å²) in [6.45, 7) is 4.16. The summed E-state index contributed by atoms with van der Waals surface area (Å²) in [5.74, 6) is 1.58. The van der Waals surface area contributed by atoms with Crippen molar-refractivity contribution >= 4 is 35.1 Å². The van der Waals surface area contributed by atoms with Crippen LogP contribution in [0.3, 0.4) is 0 Å². The van der Waals surface area contributed by atoms with Gasteiger partial charge in [0.2, 0.25) is 0 Å². The molecule has 0 fully saturated rings. The molecule has 0 aliphatic carbocycles. The molecule has 0 spiro atoms. The fraction of sp³-hybridized carbons (Fsp3) is 0.417. The normalized spacial score (nSPS) is 12.1. The van der Waals surface area contributed by atoms with E-state index in [9.17, 15) is 5.26 Å². The summed E-state index contributed by atoms with van der Waals surface area (Å²) in [4.78, 5) is 2.10. The van der Waals surface area contributed by atoms with Gasteiger partial charge in [0.25, 0.3) is 0 Å².